The smallest absolute Gasteiger partial charge is 0.191 e. The zero-order valence-corrected chi connectivity index (χ0v) is 19.4. The van der Waals surface area contributed by atoms with E-state index in [4.69, 9.17) is 4.42 Å². The van der Waals surface area contributed by atoms with Crippen LogP contribution in [0.3, 0.4) is 0 Å². The third kappa shape index (κ3) is 4.63. The lowest BCUT2D eigenvalue weighted by atomic mass is 10.1. The molecule has 4 rings (SSSR count). The molecule has 0 bridgehead atoms. The van der Waals surface area contributed by atoms with Crippen LogP contribution in [0.4, 0.5) is 5.00 Å². The molecule has 1 aromatic carbocycles. The van der Waals surface area contributed by atoms with Gasteiger partial charge in [-0.25, -0.2) is 0 Å². The van der Waals surface area contributed by atoms with Crippen molar-refractivity contribution in [2.45, 2.75) is 32.4 Å². The maximum Gasteiger partial charge on any atom is 0.191 e. The molecule has 150 valence electrons. The van der Waals surface area contributed by atoms with Crippen LogP contribution < -0.4 is 15.5 Å². The van der Waals surface area contributed by atoms with E-state index in [0.29, 0.717) is 12.6 Å². The van der Waals surface area contributed by atoms with Crippen molar-refractivity contribution in [3.05, 3.63) is 53.1 Å². The molecular formula is C21H27IN4OS. The summed E-state index contributed by atoms with van der Waals surface area (Å²) in [6.07, 6.45) is 2.23. The molecule has 0 spiro atoms. The number of aryl methyl sites for hydroxylation is 1. The molecule has 0 amide bonds. The first kappa shape index (κ1) is 21.0. The van der Waals surface area contributed by atoms with Gasteiger partial charge in [-0.05, 0) is 43.3 Å². The van der Waals surface area contributed by atoms with Crippen LogP contribution in [0.15, 0.2) is 51.2 Å². The van der Waals surface area contributed by atoms with Crippen LogP contribution in [0.5, 0.6) is 0 Å². The van der Waals surface area contributed by atoms with E-state index in [1.807, 2.05) is 36.6 Å². The number of anilines is 1. The molecule has 3 aromatic rings. The van der Waals surface area contributed by atoms with Gasteiger partial charge in [0.05, 0.1) is 11.5 Å². The molecule has 0 unspecified atom stereocenters. The van der Waals surface area contributed by atoms with Crippen LogP contribution in [0.1, 0.15) is 24.2 Å². The lowest BCUT2D eigenvalue weighted by Gasteiger charge is -2.33. The summed E-state index contributed by atoms with van der Waals surface area (Å²) < 4.78 is 5.99. The Bertz CT molecular complexity index is 914. The summed E-state index contributed by atoms with van der Waals surface area (Å²) in [6.45, 7) is 4.91. The van der Waals surface area contributed by atoms with Crippen molar-refractivity contribution in [2.75, 3.05) is 25.0 Å². The molecule has 2 aromatic heterocycles. The van der Waals surface area contributed by atoms with E-state index < -0.39 is 0 Å². The topological polar surface area (TPSA) is 52.8 Å². The normalized spacial score (nSPS) is 15.5. The Morgan fingerprint density at radius 3 is 2.68 bits per heavy atom. The molecule has 3 heterocycles. The Kier molecular flexibility index (Phi) is 7.23. The van der Waals surface area contributed by atoms with Gasteiger partial charge in [-0.2, -0.15) is 0 Å². The first-order chi connectivity index (χ1) is 13.2. The number of fused-ring (bicyclic) bond motifs is 1. The number of hydrogen-bond acceptors (Lipinski definition) is 4. The summed E-state index contributed by atoms with van der Waals surface area (Å²) in [5.74, 6) is 1.80. The maximum atomic E-state index is 5.99. The van der Waals surface area contributed by atoms with Gasteiger partial charge in [0.15, 0.2) is 5.96 Å². The molecule has 1 saturated heterocycles. The number of rotatable bonds is 4. The molecule has 2 N–H and O–H groups in total. The number of guanidine groups is 1. The third-order valence-electron chi connectivity index (χ3n) is 5.24. The van der Waals surface area contributed by atoms with Crippen molar-refractivity contribution >= 4 is 57.2 Å². The monoisotopic (exact) mass is 510 g/mol. The SMILES string of the molecule is CN=C(NCc1oc2ccccc2c1C)NC1CCN(c2cccs2)CC1.I. The summed E-state index contributed by atoms with van der Waals surface area (Å²) in [7, 11) is 1.82. The van der Waals surface area contributed by atoms with Crippen molar-refractivity contribution in [1.82, 2.24) is 10.6 Å². The van der Waals surface area contributed by atoms with Gasteiger partial charge >= 0.3 is 0 Å². The third-order valence-corrected chi connectivity index (χ3v) is 6.17. The number of piperidine rings is 1. The minimum atomic E-state index is 0. The lowest BCUT2D eigenvalue weighted by molar-refractivity contribution is 0.460. The highest BCUT2D eigenvalue weighted by molar-refractivity contribution is 14.0. The van der Waals surface area contributed by atoms with Crippen molar-refractivity contribution in [1.29, 1.82) is 0 Å². The Balaban J connectivity index is 0.00000225. The van der Waals surface area contributed by atoms with Crippen LogP contribution in [-0.4, -0.2) is 32.1 Å². The van der Waals surface area contributed by atoms with Gasteiger partial charge in [0, 0.05) is 37.1 Å². The summed E-state index contributed by atoms with van der Waals surface area (Å²) in [6, 6.07) is 12.9. The van der Waals surface area contributed by atoms with Crippen molar-refractivity contribution < 1.29 is 4.42 Å². The summed E-state index contributed by atoms with van der Waals surface area (Å²) in [5, 5.41) is 11.7. The predicted octanol–water partition coefficient (Wildman–Crippen LogP) is 4.75. The zero-order chi connectivity index (χ0) is 18.6. The minimum absolute atomic E-state index is 0. The number of aliphatic imine (C=N–C) groups is 1. The first-order valence-corrected chi connectivity index (χ1v) is 10.3. The highest BCUT2D eigenvalue weighted by Crippen LogP contribution is 2.25. The van der Waals surface area contributed by atoms with Gasteiger partial charge in [-0.3, -0.25) is 4.99 Å². The van der Waals surface area contributed by atoms with Gasteiger partial charge in [0.1, 0.15) is 11.3 Å². The Morgan fingerprint density at radius 2 is 2.00 bits per heavy atom. The number of thiophene rings is 1. The molecule has 0 atom stereocenters. The fourth-order valence-corrected chi connectivity index (χ4v) is 4.42. The quantitative estimate of drug-likeness (QED) is 0.302. The molecule has 0 saturated carbocycles. The average molecular weight is 510 g/mol. The average Bonchev–Trinajstić information content (AvgIpc) is 3.35. The number of benzene rings is 1. The summed E-state index contributed by atoms with van der Waals surface area (Å²) >= 11 is 1.82. The number of halogens is 1. The van der Waals surface area contributed by atoms with E-state index in [9.17, 15) is 0 Å². The van der Waals surface area contributed by atoms with Crippen molar-refractivity contribution in [3.8, 4) is 0 Å². The highest BCUT2D eigenvalue weighted by Gasteiger charge is 2.21. The van der Waals surface area contributed by atoms with Crippen LogP contribution in [0.2, 0.25) is 0 Å². The van der Waals surface area contributed by atoms with Gasteiger partial charge in [-0.1, -0.05) is 18.2 Å². The molecule has 0 aliphatic carbocycles. The number of nitrogens with zero attached hydrogens (tertiary/aromatic N) is 2. The minimum Gasteiger partial charge on any atom is -0.459 e. The van der Waals surface area contributed by atoms with E-state index in [-0.39, 0.29) is 24.0 Å². The second-order valence-corrected chi connectivity index (χ2v) is 7.86. The molecule has 5 nitrogen and oxygen atoms in total. The fourth-order valence-electron chi connectivity index (χ4n) is 3.64. The van der Waals surface area contributed by atoms with Gasteiger partial charge in [-0.15, -0.1) is 35.3 Å². The van der Waals surface area contributed by atoms with Crippen LogP contribution in [0, 0.1) is 6.92 Å². The summed E-state index contributed by atoms with van der Waals surface area (Å²) in [4.78, 5) is 6.86. The van der Waals surface area contributed by atoms with Crippen molar-refractivity contribution in [2.24, 2.45) is 4.99 Å². The number of nitrogens with one attached hydrogen (secondary N) is 2. The van der Waals surface area contributed by atoms with Gasteiger partial charge in [0.2, 0.25) is 0 Å². The standard InChI is InChI=1S/C21H26N4OS.HI/c1-15-17-6-3-4-7-18(17)26-19(15)14-23-21(22-2)24-16-9-11-25(12-10-16)20-8-5-13-27-20;/h3-8,13,16H,9-12,14H2,1-2H3,(H2,22,23,24);1H. The second kappa shape index (κ2) is 9.65. The first-order valence-electron chi connectivity index (χ1n) is 9.47. The Hall–Kier alpha value is -1.74. The number of para-hydroxylation sites is 1. The maximum absolute atomic E-state index is 5.99. The lowest BCUT2D eigenvalue weighted by Crippen LogP contribution is -2.48. The van der Waals surface area contributed by atoms with E-state index in [2.05, 4.69) is 51.0 Å². The van der Waals surface area contributed by atoms with E-state index >= 15 is 0 Å². The van der Waals surface area contributed by atoms with Crippen LogP contribution >= 0.6 is 35.3 Å². The fraction of sp³-hybridized carbons (Fsp3) is 0.381. The largest absolute Gasteiger partial charge is 0.459 e. The van der Waals surface area contributed by atoms with E-state index in [1.165, 1.54) is 16.0 Å². The molecule has 0 radical (unpaired) electrons. The molecule has 1 aliphatic heterocycles. The second-order valence-electron chi connectivity index (χ2n) is 6.93. The summed E-state index contributed by atoms with van der Waals surface area (Å²) in [5.41, 5.74) is 2.13. The predicted molar refractivity (Wildman–Crippen MR) is 129 cm³/mol. The highest BCUT2D eigenvalue weighted by atomic mass is 127. The van der Waals surface area contributed by atoms with Crippen LogP contribution in [0.25, 0.3) is 11.0 Å². The molecule has 1 aliphatic rings. The molecule has 1 fully saturated rings. The van der Waals surface area contributed by atoms with Crippen molar-refractivity contribution in [3.63, 3.8) is 0 Å². The number of furan rings is 1. The molecule has 7 heteroatoms. The van der Waals surface area contributed by atoms with Gasteiger partial charge in [0.25, 0.3) is 0 Å². The Morgan fingerprint density at radius 1 is 1.21 bits per heavy atom. The Labute approximate surface area is 187 Å². The number of hydrogen-bond donors (Lipinski definition) is 2. The molecule has 28 heavy (non-hydrogen) atoms. The van der Waals surface area contributed by atoms with Gasteiger partial charge < -0.3 is 20.0 Å². The van der Waals surface area contributed by atoms with E-state index in [1.54, 1.807) is 0 Å². The zero-order valence-electron chi connectivity index (χ0n) is 16.3. The van der Waals surface area contributed by atoms with E-state index in [0.717, 1.165) is 43.2 Å². The molecular weight excluding hydrogens is 483 g/mol. The van der Waals surface area contributed by atoms with Crippen LogP contribution in [-0.2, 0) is 6.54 Å².